The van der Waals surface area contributed by atoms with Crippen LogP contribution in [0.4, 0.5) is 0 Å². The van der Waals surface area contributed by atoms with E-state index in [-0.39, 0.29) is 6.54 Å². The van der Waals surface area contributed by atoms with Crippen molar-refractivity contribution in [1.82, 2.24) is 0 Å². The monoisotopic (exact) mass is 155 g/mol. The molecule has 56 valence electrons. The van der Waals surface area contributed by atoms with Crippen molar-refractivity contribution in [2.24, 2.45) is 5.73 Å². The third kappa shape index (κ3) is 5.71. The molecule has 0 saturated heterocycles. The fraction of sp³-hybridized carbons (Fsp3) is 1.00. The van der Waals surface area contributed by atoms with Crippen LogP contribution in [0, 0.1) is 0 Å². The molecule has 0 aromatic rings. The molecule has 0 fully saturated rings. The van der Waals surface area contributed by atoms with E-state index in [0.29, 0.717) is 0 Å². The van der Waals surface area contributed by atoms with Crippen molar-refractivity contribution in [3.05, 3.63) is 0 Å². The highest BCUT2D eigenvalue weighted by Gasteiger charge is 2.09. The Balaban J connectivity index is 3.75. The van der Waals surface area contributed by atoms with Crippen molar-refractivity contribution in [2.45, 2.75) is 13.0 Å². The van der Waals surface area contributed by atoms with Crippen LogP contribution in [-0.2, 0) is 14.6 Å². The molecular formula is C3H9NO4S. The lowest BCUT2D eigenvalue weighted by atomic mass is 10.4. The Hall–Kier alpha value is -0.170. The zero-order chi connectivity index (χ0) is 7.49. The molecule has 0 amide bonds. The van der Waals surface area contributed by atoms with Gasteiger partial charge in [-0.1, -0.05) is 0 Å². The number of hydrogen-bond acceptors (Lipinski definition) is 4. The first kappa shape index (κ1) is 8.83. The second-order valence-corrected chi connectivity index (χ2v) is 2.62. The van der Waals surface area contributed by atoms with Gasteiger partial charge in [-0.3, -0.25) is 4.55 Å². The van der Waals surface area contributed by atoms with E-state index in [1.807, 2.05) is 0 Å². The van der Waals surface area contributed by atoms with Crippen LogP contribution in [0.2, 0.25) is 0 Å². The minimum atomic E-state index is -4.32. The summed E-state index contributed by atoms with van der Waals surface area (Å²) in [6.45, 7) is 1.49. The lowest BCUT2D eigenvalue weighted by Crippen LogP contribution is -2.23. The largest absolute Gasteiger partial charge is 0.397 e. The Bertz CT molecular complexity index is 163. The molecule has 5 nitrogen and oxygen atoms in total. The van der Waals surface area contributed by atoms with Gasteiger partial charge < -0.3 is 5.73 Å². The molecule has 0 unspecified atom stereocenters. The zero-order valence-electron chi connectivity index (χ0n) is 4.94. The summed E-state index contributed by atoms with van der Waals surface area (Å²) in [5.74, 6) is 0. The van der Waals surface area contributed by atoms with E-state index in [1.165, 1.54) is 6.92 Å². The quantitative estimate of drug-likeness (QED) is 0.518. The molecule has 0 bridgehead atoms. The molecule has 3 N–H and O–H groups in total. The second-order valence-electron chi connectivity index (χ2n) is 1.57. The summed E-state index contributed by atoms with van der Waals surface area (Å²) >= 11 is 0. The molecule has 0 rings (SSSR count). The Morgan fingerprint density at radius 1 is 1.78 bits per heavy atom. The number of nitrogens with two attached hydrogens (primary N) is 1. The van der Waals surface area contributed by atoms with Crippen LogP contribution in [0.5, 0.6) is 0 Å². The van der Waals surface area contributed by atoms with Crippen LogP contribution >= 0.6 is 0 Å². The average Bonchev–Trinajstić information content (AvgIpc) is 1.62. The van der Waals surface area contributed by atoms with E-state index < -0.39 is 16.5 Å². The highest BCUT2D eigenvalue weighted by molar-refractivity contribution is 7.80. The fourth-order valence-electron chi connectivity index (χ4n) is 0.247. The van der Waals surface area contributed by atoms with Gasteiger partial charge in [-0.2, -0.15) is 8.42 Å². The molecule has 0 aliphatic carbocycles. The Morgan fingerprint density at radius 3 is 2.33 bits per heavy atom. The highest BCUT2D eigenvalue weighted by Crippen LogP contribution is 1.92. The van der Waals surface area contributed by atoms with Gasteiger partial charge in [0.2, 0.25) is 0 Å². The zero-order valence-corrected chi connectivity index (χ0v) is 5.76. The van der Waals surface area contributed by atoms with Gasteiger partial charge >= 0.3 is 10.4 Å². The smallest absolute Gasteiger partial charge is 0.328 e. The van der Waals surface area contributed by atoms with Gasteiger partial charge in [0.25, 0.3) is 0 Å². The topological polar surface area (TPSA) is 89.6 Å². The molecule has 0 aromatic carbocycles. The molecule has 0 aromatic heterocycles. The van der Waals surface area contributed by atoms with E-state index in [4.69, 9.17) is 10.3 Å². The number of hydrogen-bond donors (Lipinski definition) is 2. The van der Waals surface area contributed by atoms with Gasteiger partial charge in [0, 0.05) is 6.54 Å². The van der Waals surface area contributed by atoms with Gasteiger partial charge in [-0.15, -0.1) is 0 Å². The first-order valence-electron chi connectivity index (χ1n) is 2.31. The third-order valence-electron chi connectivity index (χ3n) is 0.618. The fourth-order valence-corrected chi connectivity index (χ4v) is 0.741. The maximum atomic E-state index is 9.88. The van der Waals surface area contributed by atoms with E-state index >= 15 is 0 Å². The third-order valence-corrected chi connectivity index (χ3v) is 1.19. The lowest BCUT2D eigenvalue weighted by molar-refractivity contribution is 0.204. The van der Waals surface area contributed by atoms with Crippen LogP contribution in [0.1, 0.15) is 6.92 Å². The summed E-state index contributed by atoms with van der Waals surface area (Å²) in [7, 11) is -4.32. The van der Waals surface area contributed by atoms with Crippen molar-refractivity contribution in [3.63, 3.8) is 0 Å². The molecule has 0 radical (unpaired) electrons. The predicted molar refractivity (Wildman–Crippen MR) is 31.1 cm³/mol. The van der Waals surface area contributed by atoms with Crippen LogP contribution in [0.25, 0.3) is 0 Å². The van der Waals surface area contributed by atoms with Crippen molar-refractivity contribution in [3.8, 4) is 0 Å². The summed E-state index contributed by atoms with van der Waals surface area (Å²) in [4.78, 5) is 0. The lowest BCUT2D eigenvalue weighted by Gasteiger charge is -2.04. The molecule has 0 heterocycles. The van der Waals surface area contributed by atoms with Crippen LogP contribution in [0.15, 0.2) is 0 Å². The minimum Gasteiger partial charge on any atom is -0.328 e. The Morgan fingerprint density at radius 2 is 2.22 bits per heavy atom. The van der Waals surface area contributed by atoms with Gasteiger partial charge in [-0.05, 0) is 6.92 Å². The number of rotatable bonds is 3. The molecule has 9 heavy (non-hydrogen) atoms. The summed E-state index contributed by atoms with van der Waals surface area (Å²) in [5.41, 5.74) is 4.98. The Labute approximate surface area is 53.8 Å². The second kappa shape index (κ2) is 3.11. The van der Waals surface area contributed by atoms with Crippen molar-refractivity contribution in [1.29, 1.82) is 0 Å². The van der Waals surface area contributed by atoms with Gasteiger partial charge in [0.1, 0.15) is 0 Å². The van der Waals surface area contributed by atoms with Crippen LogP contribution in [-0.4, -0.2) is 25.6 Å². The van der Waals surface area contributed by atoms with Crippen molar-refractivity contribution >= 4 is 10.4 Å². The Kier molecular flexibility index (Phi) is 3.06. The van der Waals surface area contributed by atoms with Crippen molar-refractivity contribution in [2.75, 3.05) is 6.54 Å². The van der Waals surface area contributed by atoms with E-state index in [0.717, 1.165) is 0 Å². The molecule has 0 saturated carbocycles. The normalized spacial score (nSPS) is 15.4. The first-order chi connectivity index (χ1) is 3.95. The highest BCUT2D eigenvalue weighted by atomic mass is 32.3. The summed E-state index contributed by atoms with van der Waals surface area (Å²) < 4.78 is 31.8. The van der Waals surface area contributed by atoms with Gasteiger partial charge in [-0.25, -0.2) is 4.18 Å². The minimum absolute atomic E-state index is 0.0553. The van der Waals surface area contributed by atoms with Crippen LogP contribution in [0.3, 0.4) is 0 Å². The van der Waals surface area contributed by atoms with Crippen molar-refractivity contribution < 1.29 is 17.2 Å². The standard InChI is InChI=1S/C3H9NO4S/c1-3(2-4)8-9(5,6)7/h3H,2,4H2,1H3,(H,5,6,7)/t3-/m0/s1. The van der Waals surface area contributed by atoms with E-state index in [9.17, 15) is 8.42 Å². The maximum absolute atomic E-state index is 9.88. The molecule has 1 atom stereocenters. The van der Waals surface area contributed by atoms with E-state index in [1.54, 1.807) is 0 Å². The SMILES string of the molecule is C[C@@H](CN)OS(=O)(=O)O. The molecule has 0 aliphatic rings. The van der Waals surface area contributed by atoms with Gasteiger partial charge in [0.05, 0.1) is 6.10 Å². The summed E-state index contributed by atoms with van der Waals surface area (Å²) in [5, 5.41) is 0. The van der Waals surface area contributed by atoms with Crippen LogP contribution < -0.4 is 5.73 Å². The molecule has 6 heteroatoms. The molecule has 0 spiro atoms. The summed E-state index contributed by atoms with van der Waals surface area (Å²) in [6.07, 6.45) is -0.667. The average molecular weight is 155 g/mol. The van der Waals surface area contributed by atoms with E-state index in [2.05, 4.69) is 4.18 Å². The summed E-state index contributed by atoms with van der Waals surface area (Å²) in [6, 6.07) is 0. The first-order valence-corrected chi connectivity index (χ1v) is 3.68. The van der Waals surface area contributed by atoms with Gasteiger partial charge in [0.15, 0.2) is 0 Å². The maximum Gasteiger partial charge on any atom is 0.397 e. The molecular weight excluding hydrogens is 146 g/mol. The predicted octanol–water partition coefficient (Wildman–Crippen LogP) is -0.847. The molecule has 0 aliphatic heterocycles.